The Kier molecular flexibility index (Phi) is 3.98. The molecule has 0 radical (unpaired) electrons. The lowest BCUT2D eigenvalue weighted by atomic mass is 10.6. The average Bonchev–Trinajstić information content (AvgIpc) is 2.19. The minimum Gasteiger partial charge on any atom is -0.334 e. The van der Waals surface area contributed by atoms with Gasteiger partial charge in [-0.1, -0.05) is 6.08 Å². The van der Waals surface area contributed by atoms with Gasteiger partial charge in [0.1, 0.15) is 0 Å². The third-order valence-electron chi connectivity index (χ3n) is 0.899. The van der Waals surface area contributed by atoms with E-state index in [1.54, 1.807) is 12.5 Å². The summed E-state index contributed by atoms with van der Waals surface area (Å²) in [4.78, 5) is 3.86. The van der Waals surface area contributed by atoms with Gasteiger partial charge in [-0.15, -0.1) is 6.58 Å². The molecule has 1 heterocycles. The number of allylic oxidation sites excluding steroid dienone is 1. The van der Waals surface area contributed by atoms with Gasteiger partial charge in [0.2, 0.25) is 0 Å². The molecule has 0 saturated carbocycles. The number of aromatic nitrogens is 2. The lowest BCUT2D eigenvalue weighted by Crippen LogP contribution is -1.87. The van der Waals surface area contributed by atoms with Gasteiger partial charge < -0.3 is 4.57 Å². The van der Waals surface area contributed by atoms with Gasteiger partial charge in [-0.05, 0) is 0 Å². The predicted molar refractivity (Wildman–Crippen MR) is 43.5 cm³/mol. The van der Waals surface area contributed by atoms with Crippen molar-refractivity contribution >= 4 is 9.90 Å². The molecule has 1 atom stereocenters. The molecular formula is C6H11N2P. The van der Waals surface area contributed by atoms with Crippen molar-refractivity contribution < 1.29 is 0 Å². The third-order valence-corrected chi connectivity index (χ3v) is 0.899. The maximum Gasteiger partial charge on any atom is 0.0948 e. The van der Waals surface area contributed by atoms with Crippen molar-refractivity contribution in [2.75, 3.05) is 0 Å². The number of hydrogen-bond donors (Lipinski definition) is 0. The lowest BCUT2D eigenvalue weighted by molar-refractivity contribution is 0.822. The van der Waals surface area contributed by atoms with E-state index >= 15 is 0 Å². The molecule has 9 heavy (non-hydrogen) atoms. The molecule has 0 aliphatic heterocycles. The van der Waals surface area contributed by atoms with Crippen LogP contribution in [0.5, 0.6) is 0 Å². The topological polar surface area (TPSA) is 17.8 Å². The van der Waals surface area contributed by atoms with Gasteiger partial charge in [0.25, 0.3) is 0 Å². The zero-order valence-electron chi connectivity index (χ0n) is 5.33. The average molecular weight is 142 g/mol. The molecule has 0 amide bonds. The van der Waals surface area contributed by atoms with Crippen LogP contribution in [0.25, 0.3) is 0 Å². The molecule has 0 bridgehead atoms. The van der Waals surface area contributed by atoms with E-state index in [1.165, 1.54) is 0 Å². The second-order valence-electron chi connectivity index (χ2n) is 1.55. The molecule has 1 rings (SSSR count). The first kappa shape index (κ1) is 8.38. The van der Waals surface area contributed by atoms with Gasteiger partial charge in [0.15, 0.2) is 0 Å². The molecule has 3 heteroatoms. The Balaban J connectivity index is 0.000000640. The van der Waals surface area contributed by atoms with Gasteiger partial charge in [0.05, 0.1) is 6.33 Å². The summed E-state index contributed by atoms with van der Waals surface area (Å²) < 4.78 is 1.95. The summed E-state index contributed by atoms with van der Waals surface area (Å²) in [5.74, 6) is 0. The molecule has 0 aliphatic carbocycles. The highest BCUT2D eigenvalue weighted by atomic mass is 31.0. The molecule has 2 nitrogen and oxygen atoms in total. The Morgan fingerprint density at radius 2 is 2.44 bits per heavy atom. The van der Waals surface area contributed by atoms with E-state index in [0.717, 1.165) is 6.54 Å². The maximum absolute atomic E-state index is 3.86. The van der Waals surface area contributed by atoms with Gasteiger partial charge in [-0.2, -0.15) is 9.90 Å². The molecule has 0 N–H and O–H groups in total. The summed E-state index contributed by atoms with van der Waals surface area (Å²) in [6, 6.07) is 0. The highest BCUT2D eigenvalue weighted by Gasteiger charge is 1.79. The Morgan fingerprint density at radius 3 is 2.89 bits per heavy atom. The van der Waals surface area contributed by atoms with Crippen molar-refractivity contribution in [1.29, 1.82) is 0 Å². The molecule has 0 saturated heterocycles. The van der Waals surface area contributed by atoms with Crippen molar-refractivity contribution in [2.24, 2.45) is 0 Å². The largest absolute Gasteiger partial charge is 0.334 e. The van der Waals surface area contributed by atoms with E-state index in [2.05, 4.69) is 11.6 Å². The molecular weight excluding hydrogens is 131 g/mol. The molecule has 50 valence electrons. The Labute approximate surface area is 58.2 Å². The fourth-order valence-corrected chi connectivity index (χ4v) is 0.544. The number of hydrogen-bond acceptors (Lipinski definition) is 1. The molecule has 0 aromatic carbocycles. The van der Waals surface area contributed by atoms with Crippen molar-refractivity contribution in [3.8, 4) is 0 Å². The van der Waals surface area contributed by atoms with E-state index in [-0.39, 0.29) is 9.90 Å². The van der Waals surface area contributed by atoms with Crippen LogP contribution in [0.15, 0.2) is 31.4 Å². The maximum atomic E-state index is 3.86. The van der Waals surface area contributed by atoms with E-state index < -0.39 is 0 Å². The van der Waals surface area contributed by atoms with Crippen molar-refractivity contribution in [3.63, 3.8) is 0 Å². The fraction of sp³-hybridized carbons (Fsp3) is 0.167. The van der Waals surface area contributed by atoms with E-state index in [1.807, 2.05) is 16.8 Å². The summed E-state index contributed by atoms with van der Waals surface area (Å²) in [5, 5.41) is 0. The van der Waals surface area contributed by atoms with Crippen molar-refractivity contribution in [3.05, 3.63) is 31.4 Å². The number of imidazole rings is 1. The van der Waals surface area contributed by atoms with Crippen molar-refractivity contribution in [2.45, 2.75) is 6.54 Å². The van der Waals surface area contributed by atoms with Gasteiger partial charge in [-0.25, -0.2) is 4.98 Å². The van der Waals surface area contributed by atoms with Crippen LogP contribution >= 0.6 is 9.90 Å². The van der Waals surface area contributed by atoms with E-state index in [0.29, 0.717) is 0 Å². The fourth-order valence-electron chi connectivity index (χ4n) is 0.544. The van der Waals surface area contributed by atoms with Crippen LogP contribution in [0.4, 0.5) is 0 Å². The first-order valence-electron chi connectivity index (χ1n) is 2.50. The SMILES string of the molecule is C=CCn1ccnc1.P. The second kappa shape index (κ2) is 4.28. The van der Waals surface area contributed by atoms with Gasteiger partial charge in [-0.3, -0.25) is 0 Å². The first-order chi connectivity index (χ1) is 3.93. The molecule has 1 aromatic rings. The van der Waals surface area contributed by atoms with Gasteiger partial charge in [0, 0.05) is 18.9 Å². The molecule has 0 fully saturated rings. The molecule has 0 aliphatic rings. The highest BCUT2D eigenvalue weighted by Crippen LogP contribution is 1.83. The normalized spacial score (nSPS) is 8.00. The van der Waals surface area contributed by atoms with Crippen LogP contribution in [0.1, 0.15) is 0 Å². The lowest BCUT2D eigenvalue weighted by Gasteiger charge is -1.89. The quantitative estimate of drug-likeness (QED) is 0.447. The predicted octanol–water partition coefficient (Wildman–Crippen LogP) is 1.13. The third kappa shape index (κ3) is 2.43. The summed E-state index contributed by atoms with van der Waals surface area (Å²) in [6.07, 6.45) is 7.26. The van der Waals surface area contributed by atoms with Crippen LogP contribution in [0.3, 0.4) is 0 Å². The van der Waals surface area contributed by atoms with Crippen molar-refractivity contribution in [1.82, 2.24) is 9.55 Å². The van der Waals surface area contributed by atoms with Crippen LogP contribution < -0.4 is 0 Å². The van der Waals surface area contributed by atoms with Crippen LogP contribution in [-0.4, -0.2) is 9.55 Å². The zero-order valence-corrected chi connectivity index (χ0v) is 6.74. The Bertz CT molecular complexity index is 158. The monoisotopic (exact) mass is 142 g/mol. The van der Waals surface area contributed by atoms with Crippen LogP contribution in [0, 0.1) is 0 Å². The molecule has 1 aromatic heterocycles. The minimum atomic E-state index is 0. The van der Waals surface area contributed by atoms with E-state index in [9.17, 15) is 0 Å². The Hall–Kier alpha value is -0.620. The number of nitrogens with zero attached hydrogens (tertiary/aromatic N) is 2. The van der Waals surface area contributed by atoms with Crippen LogP contribution in [0.2, 0.25) is 0 Å². The molecule has 0 spiro atoms. The zero-order chi connectivity index (χ0) is 5.82. The summed E-state index contributed by atoms with van der Waals surface area (Å²) in [6.45, 7) is 4.43. The smallest absolute Gasteiger partial charge is 0.0948 e. The first-order valence-corrected chi connectivity index (χ1v) is 2.50. The van der Waals surface area contributed by atoms with E-state index in [4.69, 9.17) is 0 Å². The molecule has 1 unspecified atom stereocenters. The summed E-state index contributed by atoms with van der Waals surface area (Å²) >= 11 is 0. The van der Waals surface area contributed by atoms with Crippen LogP contribution in [-0.2, 0) is 6.54 Å². The standard InChI is InChI=1S/C6H8N2.H3P/c1-2-4-8-5-3-7-6-8;/h2-3,5-6H,1,4H2;1H3. The number of rotatable bonds is 2. The van der Waals surface area contributed by atoms with Gasteiger partial charge >= 0.3 is 0 Å². The Morgan fingerprint density at radius 1 is 1.67 bits per heavy atom. The summed E-state index contributed by atoms with van der Waals surface area (Å²) in [5.41, 5.74) is 0. The summed E-state index contributed by atoms with van der Waals surface area (Å²) in [7, 11) is 0. The minimum absolute atomic E-state index is 0. The second-order valence-corrected chi connectivity index (χ2v) is 1.55. The highest BCUT2D eigenvalue weighted by molar-refractivity contribution is 6.92.